The molecule has 0 aliphatic carbocycles. The minimum absolute atomic E-state index is 0.203. The van der Waals surface area contributed by atoms with Crippen molar-refractivity contribution >= 4 is 17.7 Å². The van der Waals surface area contributed by atoms with Gasteiger partial charge in [0.2, 0.25) is 5.62 Å². The molecule has 1 aromatic carbocycles. The lowest BCUT2D eigenvalue weighted by Gasteiger charge is -2.32. The number of aromatic nitrogens is 2. The van der Waals surface area contributed by atoms with E-state index < -0.39 is 28.5 Å². The standard InChI is InChI=1S/C21H27F3N6O2S/c1-5-33(32)29-8-6-28(7-9-29)13-26-20-27-17(11-15(3)30(20)25-4)19-14(2)10-16(12-18(19)31)21(22,23)24/h10-12,31H,4-9,13H2,1-3H3/b26-20-. The first-order valence-corrected chi connectivity index (χ1v) is 11.7. The van der Waals surface area contributed by atoms with E-state index in [0.29, 0.717) is 50.4 Å². The van der Waals surface area contributed by atoms with Crippen LogP contribution in [-0.4, -0.2) is 73.5 Å². The number of benzene rings is 1. The van der Waals surface area contributed by atoms with Crippen LogP contribution in [0.25, 0.3) is 11.3 Å². The lowest BCUT2D eigenvalue weighted by Crippen LogP contribution is -2.47. The second-order valence-corrected chi connectivity index (χ2v) is 9.41. The summed E-state index contributed by atoms with van der Waals surface area (Å²) >= 11 is 0. The van der Waals surface area contributed by atoms with Gasteiger partial charge < -0.3 is 5.11 Å². The highest BCUT2D eigenvalue weighted by atomic mass is 32.2. The molecule has 180 valence electrons. The van der Waals surface area contributed by atoms with Crippen LogP contribution < -0.4 is 5.62 Å². The fourth-order valence-corrected chi connectivity index (χ4v) is 4.63. The number of alkyl halides is 3. The molecule has 2 heterocycles. The largest absolute Gasteiger partial charge is 0.507 e. The summed E-state index contributed by atoms with van der Waals surface area (Å²) in [6.07, 6.45) is -4.56. The van der Waals surface area contributed by atoms with Crippen molar-refractivity contribution < 1.29 is 22.5 Å². The molecule has 1 saturated heterocycles. The van der Waals surface area contributed by atoms with Crippen molar-refractivity contribution in [2.45, 2.75) is 26.9 Å². The highest BCUT2D eigenvalue weighted by Crippen LogP contribution is 2.38. The molecule has 1 N–H and O–H groups in total. The van der Waals surface area contributed by atoms with Crippen molar-refractivity contribution in [3.63, 3.8) is 0 Å². The third kappa shape index (κ3) is 5.68. The Morgan fingerprint density at radius 3 is 2.39 bits per heavy atom. The van der Waals surface area contributed by atoms with Gasteiger partial charge in [0, 0.05) is 49.9 Å². The van der Waals surface area contributed by atoms with Crippen molar-refractivity contribution in [3.05, 3.63) is 40.6 Å². The first-order chi connectivity index (χ1) is 15.5. The van der Waals surface area contributed by atoms with Gasteiger partial charge in [-0.3, -0.25) is 4.90 Å². The Morgan fingerprint density at radius 1 is 1.18 bits per heavy atom. The summed E-state index contributed by atoms with van der Waals surface area (Å²) in [5.74, 6) is 0.0752. The fraction of sp³-hybridized carbons (Fsp3) is 0.476. The quantitative estimate of drug-likeness (QED) is 0.639. The molecule has 3 rings (SSSR count). The van der Waals surface area contributed by atoms with Gasteiger partial charge in [0.05, 0.1) is 28.9 Å². The molecule has 1 aliphatic rings. The van der Waals surface area contributed by atoms with Crippen LogP contribution in [0.5, 0.6) is 5.75 Å². The van der Waals surface area contributed by atoms with E-state index in [-0.39, 0.29) is 22.4 Å². The van der Waals surface area contributed by atoms with Crippen LogP contribution in [0, 0.1) is 13.8 Å². The molecule has 0 amide bonds. The number of aromatic hydroxyl groups is 1. The number of nitrogens with zero attached hydrogens (tertiary/aromatic N) is 6. The molecular weight excluding hydrogens is 457 g/mol. The van der Waals surface area contributed by atoms with Crippen molar-refractivity contribution in [2.24, 2.45) is 10.1 Å². The lowest BCUT2D eigenvalue weighted by atomic mass is 10.00. The Hall–Kier alpha value is -2.57. The van der Waals surface area contributed by atoms with Gasteiger partial charge in [-0.1, -0.05) is 6.92 Å². The van der Waals surface area contributed by atoms with Gasteiger partial charge in [-0.25, -0.2) is 23.2 Å². The zero-order chi connectivity index (χ0) is 24.3. The highest BCUT2D eigenvalue weighted by molar-refractivity contribution is 7.82. The molecule has 1 atom stereocenters. The maximum Gasteiger partial charge on any atom is 0.416 e. The highest BCUT2D eigenvalue weighted by Gasteiger charge is 2.32. The van der Waals surface area contributed by atoms with Crippen molar-refractivity contribution in [2.75, 3.05) is 38.6 Å². The summed E-state index contributed by atoms with van der Waals surface area (Å²) in [4.78, 5) is 11.1. The number of aryl methyl sites for hydroxylation is 2. The minimum Gasteiger partial charge on any atom is -0.507 e. The van der Waals surface area contributed by atoms with Crippen LogP contribution in [-0.2, 0) is 17.2 Å². The van der Waals surface area contributed by atoms with Crippen LogP contribution in [0.15, 0.2) is 28.3 Å². The van der Waals surface area contributed by atoms with Crippen molar-refractivity contribution in [1.29, 1.82) is 0 Å². The summed E-state index contributed by atoms with van der Waals surface area (Å²) in [6, 6.07) is 3.29. The van der Waals surface area contributed by atoms with Gasteiger partial charge in [-0.2, -0.15) is 18.3 Å². The predicted molar refractivity (Wildman–Crippen MR) is 121 cm³/mol. The van der Waals surface area contributed by atoms with E-state index in [0.717, 1.165) is 6.07 Å². The molecule has 12 heteroatoms. The number of phenolic OH excluding ortho intramolecular Hbond substituents is 1. The van der Waals surface area contributed by atoms with E-state index in [9.17, 15) is 22.5 Å². The van der Waals surface area contributed by atoms with Gasteiger partial charge in [-0.05, 0) is 37.6 Å². The molecule has 1 aliphatic heterocycles. The molecule has 0 saturated carbocycles. The summed E-state index contributed by atoms with van der Waals surface area (Å²) in [5.41, 5.74) is 0.635. The third-order valence-electron chi connectivity index (χ3n) is 5.41. The van der Waals surface area contributed by atoms with Crippen LogP contribution in [0.1, 0.15) is 23.7 Å². The molecule has 0 radical (unpaired) electrons. The second kappa shape index (κ2) is 10.1. The maximum absolute atomic E-state index is 13.1. The maximum atomic E-state index is 13.1. The first kappa shape index (κ1) is 25.1. The molecule has 2 aromatic rings. The third-order valence-corrected chi connectivity index (χ3v) is 6.84. The number of hydrogen-bond donors (Lipinski definition) is 1. The Labute approximate surface area is 192 Å². The normalized spacial score (nSPS) is 17.3. The molecule has 1 aromatic heterocycles. The Bertz CT molecular complexity index is 1100. The molecule has 1 unspecified atom stereocenters. The topological polar surface area (TPSA) is 86.3 Å². The van der Waals surface area contributed by atoms with E-state index >= 15 is 0 Å². The number of piperazine rings is 1. The molecule has 33 heavy (non-hydrogen) atoms. The molecule has 8 nitrogen and oxygen atoms in total. The zero-order valence-corrected chi connectivity index (χ0v) is 19.6. The second-order valence-electron chi connectivity index (χ2n) is 7.68. The summed E-state index contributed by atoms with van der Waals surface area (Å²) in [6.45, 7) is 11.7. The van der Waals surface area contributed by atoms with E-state index in [1.807, 2.05) is 11.2 Å². The fourth-order valence-electron chi connectivity index (χ4n) is 3.70. The molecular formula is C21H27F3N6O2S. The molecule has 0 spiro atoms. The summed E-state index contributed by atoms with van der Waals surface area (Å²) in [7, 11) is -0.971. The summed E-state index contributed by atoms with van der Waals surface area (Å²) < 4.78 is 54.6. The van der Waals surface area contributed by atoms with Gasteiger partial charge in [0.1, 0.15) is 5.75 Å². The average molecular weight is 485 g/mol. The van der Waals surface area contributed by atoms with E-state index in [2.05, 4.69) is 26.7 Å². The van der Waals surface area contributed by atoms with E-state index in [4.69, 9.17) is 0 Å². The SMILES string of the molecule is C=Nn1c(C)cc(-c2c(C)cc(C(F)(F)F)cc2O)n/c1=N/CN1CCN(S(=O)CC)CC1. The number of hydrogen-bond acceptors (Lipinski definition) is 6. The van der Waals surface area contributed by atoms with Gasteiger partial charge in [0.15, 0.2) is 0 Å². The molecule has 0 bridgehead atoms. The Balaban J connectivity index is 1.93. The average Bonchev–Trinajstić information content (AvgIpc) is 2.76. The van der Waals surface area contributed by atoms with Crippen LogP contribution in [0.2, 0.25) is 0 Å². The Kier molecular flexibility index (Phi) is 7.70. The van der Waals surface area contributed by atoms with Gasteiger partial charge >= 0.3 is 6.18 Å². The van der Waals surface area contributed by atoms with Crippen LogP contribution in [0.4, 0.5) is 13.2 Å². The monoisotopic (exact) mass is 484 g/mol. The Morgan fingerprint density at radius 2 is 1.85 bits per heavy atom. The number of halogens is 3. The van der Waals surface area contributed by atoms with Crippen molar-refractivity contribution in [1.82, 2.24) is 18.9 Å². The number of rotatable bonds is 6. The van der Waals surface area contributed by atoms with E-state index in [1.165, 1.54) is 11.6 Å². The van der Waals surface area contributed by atoms with Crippen LogP contribution in [0.3, 0.4) is 0 Å². The zero-order valence-electron chi connectivity index (χ0n) is 18.8. The van der Waals surface area contributed by atoms with Gasteiger partial charge in [0.25, 0.3) is 0 Å². The van der Waals surface area contributed by atoms with Crippen LogP contribution >= 0.6 is 0 Å². The van der Waals surface area contributed by atoms with Crippen molar-refractivity contribution in [3.8, 4) is 17.0 Å². The smallest absolute Gasteiger partial charge is 0.416 e. The number of phenols is 1. The van der Waals surface area contributed by atoms with E-state index in [1.54, 1.807) is 13.0 Å². The molecule has 1 fully saturated rings. The lowest BCUT2D eigenvalue weighted by molar-refractivity contribution is -0.137. The first-order valence-electron chi connectivity index (χ1n) is 10.4. The van der Waals surface area contributed by atoms with Gasteiger partial charge in [-0.15, -0.1) is 0 Å². The summed E-state index contributed by atoms with van der Waals surface area (Å²) in [5, 5.41) is 14.3. The minimum atomic E-state index is -4.56. The predicted octanol–water partition coefficient (Wildman–Crippen LogP) is 2.51.